The molecule has 1 rings (SSSR count). The molecule has 14 heavy (non-hydrogen) atoms. The predicted molar refractivity (Wildman–Crippen MR) is 57.1 cm³/mol. The highest BCUT2D eigenvalue weighted by Crippen LogP contribution is 2.26. The van der Waals surface area contributed by atoms with E-state index < -0.39 is 5.97 Å². The van der Waals surface area contributed by atoms with Crippen LogP contribution < -0.4 is 4.90 Å². The van der Waals surface area contributed by atoms with Crippen LogP contribution in [0.2, 0.25) is 5.02 Å². The number of carboxylic acid groups (broad SMARTS) is 1. The zero-order chi connectivity index (χ0) is 10.7. The average molecular weight is 214 g/mol. The molecule has 1 aromatic rings. The largest absolute Gasteiger partial charge is 0.481 e. The number of benzene rings is 1. The number of aliphatic carboxylic acids is 1. The van der Waals surface area contributed by atoms with Crippen molar-refractivity contribution in [3.8, 4) is 0 Å². The standard InChI is InChI=1S/C10H12ClNO2/c1-12(2)9-5-3-4-8(11)7(9)6-10(13)14/h3-5H,6H2,1-2H3,(H,13,14). The molecule has 0 fully saturated rings. The molecule has 3 nitrogen and oxygen atoms in total. The summed E-state index contributed by atoms with van der Waals surface area (Å²) in [4.78, 5) is 12.5. The van der Waals surface area contributed by atoms with Gasteiger partial charge in [0.2, 0.25) is 0 Å². The zero-order valence-corrected chi connectivity index (χ0v) is 8.88. The van der Waals surface area contributed by atoms with E-state index in [1.54, 1.807) is 6.07 Å². The number of nitrogens with zero attached hydrogens (tertiary/aromatic N) is 1. The van der Waals surface area contributed by atoms with Gasteiger partial charge in [-0.2, -0.15) is 0 Å². The van der Waals surface area contributed by atoms with Crippen LogP contribution in [0.1, 0.15) is 5.56 Å². The lowest BCUT2D eigenvalue weighted by Gasteiger charge is -2.17. The molecule has 0 bridgehead atoms. The molecular formula is C10H12ClNO2. The van der Waals surface area contributed by atoms with Crippen LogP contribution in [0.15, 0.2) is 18.2 Å². The SMILES string of the molecule is CN(C)c1cccc(Cl)c1CC(=O)O. The first-order valence-corrected chi connectivity index (χ1v) is 4.56. The van der Waals surface area contributed by atoms with Crippen molar-refractivity contribution in [3.63, 3.8) is 0 Å². The Bertz CT molecular complexity index is 350. The van der Waals surface area contributed by atoms with Crippen LogP contribution in [0, 0.1) is 0 Å². The van der Waals surface area contributed by atoms with Gasteiger partial charge in [0, 0.05) is 30.4 Å². The third-order valence-corrected chi connectivity index (χ3v) is 2.26. The van der Waals surface area contributed by atoms with Crippen LogP contribution in [0.25, 0.3) is 0 Å². The molecule has 0 aliphatic carbocycles. The minimum absolute atomic E-state index is 0.0484. The summed E-state index contributed by atoms with van der Waals surface area (Å²) in [6, 6.07) is 5.36. The van der Waals surface area contributed by atoms with Crippen molar-refractivity contribution >= 4 is 23.3 Å². The Morgan fingerprint density at radius 1 is 1.50 bits per heavy atom. The second kappa shape index (κ2) is 4.33. The normalized spacial score (nSPS) is 9.93. The second-order valence-corrected chi connectivity index (χ2v) is 3.61. The highest BCUT2D eigenvalue weighted by atomic mass is 35.5. The van der Waals surface area contributed by atoms with Crippen LogP contribution in [0.3, 0.4) is 0 Å². The van der Waals surface area contributed by atoms with Gasteiger partial charge in [-0.3, -0.25) is 4.79 Å². The maximum atomic E-state index is 10.6. The van der Waals surface area contributed by atoms with Gasteiger partial charge >= 0.3 is 5.97 Å². The first-order chi connectivity index (χ1) is 6.52. The van der Waals surface area contributed by atoms with E-state index in [0.717, 1.165) is 5.69 Å². The van der Waals surface area contributed by atoms with Crippen molar-refractivity contribution in [2.45, 2.75) is 6.42 Å². The van der Waals surface area contributed by atoms with Gasteiger partial charge in [0.25, 0.3) is 0 Å². The smallest absolute Gasteiger partial charge is 0.307 e. The molecule has 1 aromatic carbocycles. The summed E-state index contributed by atoms with van der Waals surface area (Å²) in [5, 5.41) is 9.22. The molecule has 0 amide bonds. The van der Waals surface area contributed by atoms with Crippen LogP contribution in [0.5, 0.6) is 0 Å². The van der Waals surface area contributed by atoms with E-state index in [-0.39, 0.29) is 6.42 Å². The van der Waals surface area contributed by atoms with Crippen molar-refractivity contribution in [3.05, 3.63) is 28.8 Å². The molecule has 0 aliphatic heterocycles. The van der Waals surface area contributed by atoms with Crippen LogP contribution in [-0.4, -0.2) is 25.2 Å². The van der Waals surface area contributed by atoms with Crippen molar-refractivity contribution in [1.82, 2.24) is 0 Å². The summed E-state index contributed by atoms with van der Waals surface area (Å²) in [6.45, 7) is 0. The van der Waals surface area contributed by atoms with E-state index >= 15 is 0 Å². The number of anilines is 1. The van der Waals surface area contributed by atoms with Gasteiger partial charge in [0.15, 0.2) is 0 Å². The van der Waals surface area contributed by atoms with E-state index in [0.29, 0.717) is 10.6 Å². The molecule has 0 saturated heterocycles. The molecule has 0 saturated carbocycles. The fourth-order valence-electron chi connectivity index (χ4n) is 1.29. The summed E-state index contributed by atoms with van der Waals surface area (Å²) >= 11 is 5.93. The Hall–Kier alpha value is -1.22. The van der Waals surface area contributed by atoms with E-state index in [2.05, 4.69) is 0 Å². The summed E-state index contributed by atoms with van der Waals surface area (Å²) in [7, 11) is 3.72. The quantitative estimate of drug-likeness (QED) is 0.836. The molecule has 0 spiro atoms. The third-order valence-electron chi connectivity index (χ3n) is 1.90. The molecule has 76 valence electrons. The van der Waals surface area contributed by atoms with Crippen molar-refractivity contribution in [2.24, 2.45) is 0 Å². The van der Waals surface area contributed by atoms with Gasteiger partial charge in [-0.15, -0.1) is 0 Å². The first-order valence-electron chi connectivity index (χ1n) is 4.19. The number of hydrogen-bond acceptors (Lipinski definition) is 2. The fourth-order valence-corrected chi connectivity index (χ4v) is 1.53. The van der Waals surface area contributed by atoms with Gasteiger partial charge in [-0.1, -0.05) is 17.7 Å². The molecule has 0 atom stereocenters. The molecule has 0 heterocycles. The molecule has 1 N–H and O–H groups in total. The van der Waals surface area contributed by atoms with Crippen LogP contribution in [-0.2, 0) is 11.2 Å². The van der Waals surface area contributed by atoms with Crippen molar-refractivity contribution in [1.29, 1.82) is 0 Å². The van der Waals surface area contributed by atoms with E-state index in [1.165, 1.54) is 0 Å². The average Bonchev–Trinajstić information content (AvgIpc) is 2.07. The van der Waals surface area contributed by atoms with Gasteiger partial charge < -0.3 is 10.0 Å². The van der Waals surface area contributed by atoms with Gasteiger partial charge in [-0.05, 0) is 12.1 Å². The van der Waals surface area contributed by atoms with Gasteiger partial charge in [0.05, 0.1) is 6.42 Å². The summed E-state index contributed by atoms with van der Waals surface area (Å²) in [5.41, 5.74) is 1.51. The van der Waals surface area contributed by atoms with Gasteiger partial charge in [-0.25, -0.2) is 0 Å². The molecule has 0 radical (unpaired) electrons. The highest BCUT2D eigenvalue weighted by molar-refractivity contribution is 6.32. The monoisotopic (exact) mass is 213 g/mol. The van der Waals surface area contributed by atoms with Crippen LogP contribution in [0.4, 0.5) is 5.69 Å². The lowest BCUT2D eigenvalue weighted by molar-refractivity contribution is -0.136. The minimum atomic E-state index is -0.874. The molecule has 0 aliphatic rings. The number of carboxylic acids is 1. The Balaban J connectivity index is 3.15. The number of halogens is 1. The van der Waals surface area contributed by atoms with E-state index in [4.69, 9.17) is 16.7 Å². The number of rotatable bonds is 3. The molecule has 4 heteroatoms. The maximum absolute atomic E-state index is 10.6. The van der Waals surface area contributed by atoms with Crippen molar-refractivity contribution < 1.29 is 9.90 Å². The van der Waals surface area contributed by atoms with E-state index in [9.17, 15) is 4.79 Å². The first kappa shape index (κ1) is 10.9. The Kier molecular flexibility index (Phi) is 3.36. The van der Waals surface area contributed by atoms with Crippen molar-refractivity contribution in [2.75, 3.05) is 19.0 Å². The molecular weight excluding hydrogens is 202 g/mol. The van der Waals surface area contributed by atoms with E-state index in [1.807, 2.05) is 31.1 Å². The maximum Gasteiger partial charge on any atom is 0.307 e. The molecule has 0 aromatic heterocycles. The molecule has 0 unspecified atom stereocenters. The van der Waals surface area contributed by atoms with Crippen LogP contribution >= 0.6 is 11.6 Å². The predicted octanol–water partition coefficient (Wildman–Crippen LogP) is 2.03. The lowest BCUT2D eigenvalue weighted by atomic mass is 10.1. The zero-order valence-electron chi connectivity index (χ0n) is 8.12. The lowest BCUT2D eigenvalue weighted by Crippen LogP contribution is -2.13. The number of carbonyl (C=O) groups is 1. The fraction of sp³-hybridized carbons (Fsp3) is 0.300. The summed E-state index contributed by atoms with van der Waals surface area (Å²) in [6.07, 6.45) is -0.0484. The topological polar surface area (TPSA) is 40.5 Å². The Morgan fingerprint density at radius 2 is 2.14 bits per heavy atom. The highest BCUT2D eigenvalue weighted by Gasteiger charge is 2.11. The Morgan fingerprint density at radius 3 is 2.64 bits per heavy atom. The summed E-state index contributed by atoms with van der Waals surface area (Å²) in [5.74, 6) is -0.874. The Labute approximate surface area is 87.9 Å². The summed E-state index contributed by atoms with van der Waals surface area (Å²) < 4.78 is 0. The minimum Gasteiger partial charge on any atom is -0.481 e. The second-order valence-electron chi connectivity index (χ2n) is 3.20. The van der Waals surface area contributed by atoms with Gasteiger partial charge in [0.1, 0.15) is 0 Å². The number of hydrogen-bond donors (Lipinski definition) is 1. The third kappa shape index (κ3) is 2.39.